The van der Waals surface area contributed by atoms with Crippen molar-refractivity contribution in [3.8, 4) is 0 Å². The summed E-state index contributed by atoms with van der Waals surface area (Å²) in [7, 11) is 0. The van der Waals surface area contributed by atoms with E-state index in [0.29, 0.717) is 21.7 Å². The third-order valence-corrected chi connectivity index (χ3v) is 12.2. The van der Waals surface area contributed by atoms with Crippen LogP contribution in [-0.4, -0.2) is 11.2 Å². The molecule has 0 aromatic rings. The first-order valence-corrected chi connectivity index (χ1v) is 13.3. The van der Waals surface area contributed by atoms with Crippen LogP contribution < -0.4 is 0 Å². The Labute approximate surface area is 192 Å². The molecule has 0 aromatic heterocycles. The van der Waals surface area contributed by atoms with E-state index in [1.807, 2.05) is 11.1 Å². The van der Waals surface area contributed by atoms with E-state index >= 15 is 0 Å². The summed E-state index contributed by atoms with van der Waals surface area (Å²) >= 11 is 0. The molecule has 6 atom stereocenters. The molecule has 0 bridgehead atoms. The normalized spacial score (nSPS) is 50.5. The van der Waals surface area contributed by atoms with E-state index in [0.717, 1.165) is 18.8 Å². The van der Waals surface area contributed by atoms with Gasteiger partial charge in [0.15, 0.2) is 0 Å². The zero-order chi connectivity index (χ0) is 22.7. The third kappa shape index (κ3) is 2.71. The first kappa shape index (κ1) is 22.2. The summed E-state index contributed by atoms with van der Waals surface area (Å²) < 4.78 is 0. The van der Waals surface area contributed by atoms with Crippen LogP contribution >= 0.6 is 0 Å². The van der Waals surface area contributed by atoms with E-state index < -0.39 is 0 Å². The smallest absolute Gasteiger partial charge is 0.0628 e. The fourth-order valence-electron chi connectivity index (χ4n) is 9.76. The average Bonchev–Trinajstić information content (AvgIpc) is 2.67. The van der Waals surface area contributed by atoms with E-state index in [2.05, 4.69) is 61.5 Å². The highest BCUT2D eigenvalue weighted by Gasteiger charge is 2.65. The van der Waals surface area contributed by atoms with Crippen molar-refractivity contribution in [2.24, 2.45) is 38.4 Å². The molecule has 3 fully saturated rings. The highest BCUT2D eigenvalue weighted by atomic mass is 16.3. The molecule has 5 rings (SSSR count). The molecule has 1 N–H and O–H groups in total. The van der Waals surface area contributed by atoms with Crippen molar-refractivity contribution in [3.05, 3.63) is 22.8 Å². The molecule has 5 aliphatic rings. The first-order valence-electron chi connectivity index (χ1n) is 13.3. The number of fused-ring (bicyclic) bond motifs is 6. The maximum atomic E-state index is 10.8. The van der Waals surface area contributed by atoms with Crippen molar-refractivity contribution in [3.63, 3.8) is 0 Å². The zero-order valence-corrected chi connectivity index (χ0v) is 21.8. The Hall–Kier alpha value is -0.560. The minimum atomic E-state index is -0.187. The lowest BCUT2D eigenvalue weighted by atomic mass is 9.36. The van der Waals surface area contributed by atoms with Crippen LogP contribution in [0.25, 0.3) is 0 Å². The molecule has 1 heteroatoms. The fourth-order valence-corrected chi connectivity index (χ4v) is 9.76. The predicted molar refractivity (Wildman–Crippen MR) is 131 cm³/mol. The second-order valence-electron chi connectivity index (χ2n) is 14.7. The second-order valence-corrected chi connectivity index (χ2v) is 14.7. The standard InChI is InChI=1S/C30H48O/c1-25(2)15-16-27(5)17-18-29(7)20(21(27)19-25)9-10-23-28(6)13-12-24(31)26(3,4)22(28)11-14-30(23,29)8/h11,23-24,31H,9-10,12-19H2,1-8H3. The molecule has 0 heterocycles. The van der Waals surface area contributed by atoms with E-state index in [-0.39, 0.29) is 16.9 Å². The van der Waals surface area contributed by atoms with E-state index in [1.54, 1.807) is 5.57 Å². The minimum Gasteiger partial charge on any atom is -0.392 e. The van der Waals surface area contributed by atoms with Gasteiger partial charge in [-0.1, -0.05) is 78.2 Å². The first-order chi connectivity index (χ1) is 14.2. The Morgan fingerprint density at radius 3 is 2.19 bits per heavy atom. The summed E-state index contributed by atoms with van der Waals surface area (Å²) in [5.41, 5.74) is 7.14. The molecule has 0 spiro atoms. The van der Waals surface area contributed by atoms with Gasteiger partial charge in [0.2, 0.25) is 0 Å². The highest BCUT2D eigenvalue weighted by molar-refractivity contribution is 5.41. The Kier molecular flexibility index (Phi) is 4.53. The lowest BCUT2D eigenvalue weighted by Gasteiger charge is -2.68. The van der Waals surface area contributed by atoms with Gasteiger partial charge in [0.1, 0.15) is 0 Å². The lowest BCUT2D eigenvalue weighted by molar-refractivity contribution is -0.107. The molecule has 174 valence electrons. The van der Waals surface area contributed by atoms with Crippen LogP contribution in [0.5, 0.6) is 0 Å². The van der Waals surface area contributed by atoms with Crippen molar-refractivity contribution in [2.45, 2.75) is 126 Å². The Balaban J connectivity index is 1.64. The summed E-state index contributed by atoms with van der Waals surface area (Å²) in [6.07, 6.45) is 15.3. The molecule has 0 radical (unpaired) electrons. The molecule has 5 aliphatic carbocycles. The lowest BCUT2D eigenvalue weighted by Crippen LogP contribution is -2.60. The van der Waals surface area contributed by atoms with Gasteiger partial charge in [0, 0.05) is 5.41 Å². The topological polar surface area (TPSA) is 20.2 Å². The van der Waals surface area contributed by atoms with Gasteiger partial charge in [-0.3, -0.25) is 0 Å². The summed E-state index contributed by atoms with van der Waals surface area (Å²) in [5.74, 6) is 0.738. The summed E-state index contributed by atoms with van der Waals surface area (Å²) in [6, 6.07) is 0. The van der Waals surface area contributed by atoms with Crippen LogP contribution in [0.1, 0.15) is 120 Å². The highest BCUT2D eigenvalue weighted by Crippen LogP contribution is 2.74. The number of allylic oxidation sites excluding steroid dienone is 3. The SMILES string of the molecule is CC1(C)CCC2(C)CCC3(C)C(=C2C1)CCC1C2(C)CCC(O)C(C)(C)C2=CCC13C. The van der Waals surface area contributed by atoms with Crippen molar-refractivity contribution in [2.75, 3.05) is 0 Å². The van der Waals surface area contributed by atoms with Crippen molar-refractivity contribution < 1.29 is 5.11 Å². The van der Waals surface area contributed by atoms with Crippen LogP contribution in [-0.2, 0) is 0 Å². The Bertz CT molecular complexity index is 858. The van der Waals surface area contributed by atoms with Crippen molar-refractivity contribution in [1.29, 1.82) is 0 Å². The van der Waals surface area contributed by atoms with Gasteiger partial charge in [-0.2, -0.15) is 0 Å². The number of hydrogen-bond donors (Lipinski definition) is 1. The number of hydrogen-bond acceptors (Lipinski definition) is 1. The quantitative estimate of drug-likeness (QED) is 0.388. The summed E-state index contributed by atoms with van der Waals surface area (Å²) in [5, 5.41) is 10.8. The van der Waals surface area contributed by atoms with Crippen LogP contribution in [0.4, 0.5) is 0 Å². The molecule has 3 saturated carbocycles. The van der Waals surface area contributed by atoms with Gasteiger partial charge in [-0.15, -0.1) is 0 Å². The van der Waals surface area contributed by atoms with Crippen LogP contribution in [0.2, 0.25) is 0 Å². The van der Waals surface area contributed by atoms with Crippen molar-refractivity contribution >= 4 is 0 Å². The average molecular weight is 425 g/mol. The maximum Gasteiger partial charge on any atom is 0.0628 e. The molecular formula is C30H48O. The van der Waals surface area contributed by atoms with Gasteiger partial charge >= 0.3 is 0 Å². The fraction of sp³-hybridized carbons (Fsp3) is 0.867. The molecule has 6 unspecified atom stereocenters. The van der Waals surface area contributed by atoms with Gasteiger partial charge in [-0.05, 0) is 97.2 Å². The molecule has 1 nitrogen and oxygen atoms in total. The van der Waals surface area contributed by atoms with Gasteiger partial charge in [0.05, 0.1) is 6.10 Å². The maximum absolute atomic E-state index is 10.8. The molecular weight excluding hydrogens is 376 g/mol. The largest absolute Gasteiger partial charge is 0.392 e. The Morgan fingerprint density at radius 1 is 0.806 bits per heavy atom. The number of rotatable bonds is 0. The van der Waals surface area contributed by atoms with Gasteiger partial charge in [-0.25, -0.2) is 0 Å². The molecule has 31 heavy (non-hydrogen) atoms. The monoisotopic (exact) mass is 424 g/mol. The molecule has 0 saturated heterocycles. The third-order valence-electron chi connectivity index (χ3n) is 12.2. The van der Waals surface area contributed by atoms with Crippen LogP contribution in [0.15, 0.2) is 22.8 Å². The molecule has 0 amide bonds. The van der Waals surface area contributed by atoms with Gasteiger partial charge in [0.25, 0.3) is 0 Å². The molecule has 0 aromatic carbocycles. The minimum absolute atomic E-state index is 0.0769. The summed E-state index contributed by atoms with van der Waals surface area (Å²) in [6.45, 7) is 20.1. The molecule has 0 aliphatic heterocycles. The summed E-state index contributed by atoms with van der Waals surface area (Å²) in [4.78, 5) is 0. The zero-order valence-electron chi connectivity index (χ0n) is 21.8. The second kappa shape index (κ2) is 6.31. The van der Waals surface area contributed by atoms with Gasteiger partial charge < -0.3 is 5.11 Å². The van der Waals surface area contributed by atoms with Crippen LogP contribution in [0, 0.1) is 38.4 Å². The number of aliphatic hydroxyl groups is 1. The number of aliphatic hydroxyl groups excluding tert-OH is 1. The predicted octanol–water partition coefficient (Wildman–Crippen LogP) is 8.23. The van der Waals surface area contributed by atoms with Crippen molar-refractivity contribution in [1.82, 2.24) is 0 Å². The van der Waals surface area contributed by atoms with Crippen LogP contribution in [0.3, 0.4) is 0 Å². The van der Waals surface area contributed by atoms with E-state index in [1.165, 1.54) is 51.4 Å². The Morgan fingerprint density at radius 2 is 1.48 bits per heavy atom. The van der Waals surface area contributed by atoms with E-state index in [9.17, 15) is 5.11 Å². The van der Waals surface area contributed by atoms with E-state index in [4.69, 9.17) is 0 Å².